The molecular weight excluding hydrogens is 176 g/mol. The van der Waals surface area contributed by atoms with Crippen molar-refractivity contribution < 1.29 is 4.79 Å². The Morgan fingerprint density at radius 1 is 1.29 bits per heavy atom. The SMILES string of the molecule is CCN([C]=O)CCCN1CCCCC1. The first-order chi connectivity index (χ1) is 6.86. The van der Waals surface area contributed by atoms with Gasteiger partial charge in [-0.25, -0.2) is 0 Å². The van der Waals surface area contributed by atoms with Crippen LogP contribution in [0, 0.1) is 0 Å². The second kappa shape index (κ2) is 6.82. The predicted octanol–water partition coefficient (Wildman–Crippen LogP) is 1.25. The Kier molecular flexibility index (Phi) is 5.60. The number of rotatable bonds is 6. The summed E-state index contributed by atoms with van der Waals surface area (Å²) in [6.07, 6.45) is 7.12. The van der Waals surface area contributed by atoms with Gasteiger partial charge < -0.3 is 9.80 Å². The molecule has 0 saturated carbocycles. The lowest BCUT2D eigenvalue weighted by molar-refractivity contribution is 0.218. The van der Waals surface area contributed by atoms with Gasteiger partial charge in [-0.1, -0.05) is 6.42 Å². The highest BCUT2D eigenvalue weighted by molar-refractivity contribution is 5.47. The Morgan fingerprint density at radius 3 is 2.57 bits per heavy atom. The second-order valence-electron chi connectivity index (χ2n) is 3.93. The van der Waals surface area contributed by atoms with Crippen molar-refractivity contribution in [3.8, 4) is 0 Å². The number of hydrogen-bond acceptors (Lipinski definition) is 2. The molecule has 3 heteroatoms. The Labute approximate surface area is 87.1 Å². The molecule has 0 bridgehead atoms. The second-order valence-corrected chi connectivity index (χ2v) is 3.93. The van der Waals surface area contributed by atoms with Gasteiger partial charge in [0, 0.05) is 13.1 Å². The van der Waals surface area contributed by atoms with Gasteiger partial charge in [0.2, 0.25) is 0 Å². The van der Waals surface area contributed by atoms with Gasteiger partial charge in [0.15, 0.2) is 0 Å². The number of piperidine rings is 1. The zero-order valence-electron chi connectivity index (χ0n) is 9.17. The Hall–Kier alpha value is -0.570. The van der Waals surface area contributed by atoms with Crippen molar-refractivity contribution in [2.75, 3.05) is 32.7 Å². The first-order valence-corrected chi connectivity index (χ1v) is 5.72. The van der Waals surface area contributed by atoms with Gasteiger partial charge in [-0.05, 0) is 45.8 Å². The third-order valence-electron chi connectivity index (χ3n) is 2.86. The molecule has 0 N–H and O–H groups in total. The quantitative estimate of drug-likeness (QED) is 0.598. The van der Waals surface area contributed by atoms with Gasteiger partial charge in [-0.3, -0.25) is 4.79 Å². The van der Waals surface area contributed by atoms with Crippen LogP contribution in [0.1, 0.15) is 32.6 Å². The summed E-state index contributed by atoms with van der Waals surface area (Å²) in [5, 5.41) is 0. The van der Waals surface area contributed by atoms with E-state index < -0.39 is 0 Å². The Morgan fingerprint density at radius 2 is 2.00 bits per heavy atom. The molecule has 81 valence electrons. The minimum Gasteiger partial charge on any atom is -0.335 e. The van der Waals surface area contributed by atoms with Crippen LogP contribution in [0.5, 0.6) is 0 Å². The van der Waals surface area contributed by atoms with Crippen LogP contribution in [0.2, 0.25) is 0 Å². The number of nitrogens with zero attached hydrogens (tertiary/aromatic N) is 2. The molecule has 1 rings (SSSR count). The summed E-state index contributed by atoms with van der Waals surface area (Å²) in [7, 11) is 0. The number of hydrogen-bond donors (Lipinski definition) is 0. The van der Waals surface area contributed by atoms with E-state index >= 15 is 0 Å². The van der Waals surface area contributed by atoms with Crippen LogP contribution < -0.4 is 0 Å². The fourth-order valence-corrected chi connectivity index (χ4v) is 1.94. The van der Waals surface area contributed by atoms with Crippen molar-refractivity contribution in [3.63, 3.8) is 0 Å². The summed E-state index contributed by atoms with van der Waals surface area (Å²) in [4.78, 5) is 14.6. The zero-order chi connectivity index (χ0) is 10.2. The maximum Gasteiger partial charge on any atom is 0.312 e. The average molecular weight is 197 g/mol. The van der Waals surface area contributed by atoms with Crippen LogP contribution in [0.4, 0.5) is 0 Å². The maximum absolute atomic E-state index is 10.4. The van der Waals surface area contributed by atoms with Crippen molar-refractivity contribution >= 4 is 6.41 Å². The highest BCUT2D eigenvalue weighted by Gasteiger charge is 2.09. The van der Waals surface area contributed by atoms with Crippen LogP contribution in [-0.4, -0.2) is 48.9 Å². The van der Waals surface area contributed by atoms with Crippen molar-refractivity contribution in [2.24, 2.45) is 0 Å². The van der Waals surface area contributed by atoms with E-state index in [1.165, 1.54) is 32.4 Å². The largest absolute Gasteiger partial charge is 0.335 e. The first kappa shape index (κ1) is 11.5. The predicted molar refractivity (Wildman–Crippen MR) is 57.8 cm³/mol. The lowest BCUT2D eigenvalue weighted by Gasteiger charge is -2.26. The van der Waals surface area contributed by atoms with Crippen LogP contribution >= 0.6 is 0 Å². The summed E-state index contributed by atoms with van der Waals surface area (Å²) < 4.78 is 0. The van der Waals surface area contributed by atoms with Gasteiger partial charge in [-0.2, -0.15) is 0 Å². The minimum atomic E-state index is 0.781. The Bertz CT molecular complexity index is 155. The van der Waals surface area contributed by atoms with E-state index in [0.29, 0.717) is 0 Å². The first-order valence-electron chi connectivity index (χ1n) is 5.72. The molecule has 0 unspecified atom stereocenters. The average Bonchev–Trinajstić information content (AvgIpc) is 2.26. The summed E-state index contributed by atoms with van der Waals surface area (Å²) in [5.74, 6) is 0. The smallest absolute Gasteiger partial charge is 0.312 e. The summed E-state index contributed by atoms with van der Waals surface area (Å²) in [6, 6.07) is 0. The molecule has 1 amide bonds. The lowest BCUT2D eigenvalue weighted by Crippen LogP contribution is -2.33. The molecule has 0 aromatic heterocycles. The molecule has 1 saturated heterocycles. The molecule has 1 heterocycles. The molecule has 0 aromatic carbocycles. The van der Waals surface area contributed by atoms with Gasteiger partial charge >= 0.3 is 6.41 Å². The molecule has 0 atom stereocenters. The van der Waals surface area contributed by atoms with E-state index in [4.69, 9.17) is 0 Å². The molecule has 3 nitrogen and oxygen atoms in total. The normalized spacial score (nSPS) is 18.1. The summed E-state index contributed by atoms with van der Waals surface area (Å²) >= 11 is 0. The molecule has 0 spiro atoms. The number of likely N-dealkylation sites (tertiary alicyclic amines) is 1. The monoisotopic (exact) mass is 197 g/mol. The van der Waals surface area contributed by atoms with Crippen LogP contribution in [0.3, 0.4) is 0 Å². The van der Waals surface area contributed by atoms with Crippen molar-refractivity contribution in [1.29, 1.82) is 0 Å². The van der Waals surface area contributed by atoms with E-state index in [2.05, 4.69) is 4.90 Å². The van der Waals surface area contributed by atoms with Crippen molar-refractivity contribution in [2.45, 2.75) is 32.6 Å². The van der Waals surface area contributed by atoms with Gasteiger partial charge in [0.25, 0.3) is 0 Å². The zero-order valence-corrected chi connectivity index (χ0v) is 9.17. The highest BCUT2D eigenvalue weighted by atomic mass is 16.1. The summed E-state index contributed by atoms with van der Waals surface area (Å²) in [6.45, 7) is 7.26. The van der Waals surface area contributed by atoms with Gasteiger partial charge in [0.05, 0.1) is 0 Å². The molecule has 1 fully saturated rings. The molecule has 0 aromatic rings. The minimum absolute atomic E-state index is 0.781. The van der Waals surface area contributed by atoms with Crippen LogP contribution in [0.15, 0.2) is 0 Å². The summed E-state index contributed by atoms with van der Waals surface area (Å²) in [5.41, 5.74) is 0. The van der Waals surface area contributed by atoms with E-state index in [9.17, 15) is 4.79 Å². The Balaban J connectivity index is 2.04. The topological polar surface area (TPSA) is 23.6 Å². The fraction of sp³-hybridized carbons (Fsp3) is 0.909. The van der Waals surface area contributed by atoms with E-state index in [0.717, 1.165) is 26.1 Å². The van der Waals surface area contributed by atoms with E-state index in [-0.39, 0.29) is 0 Å². The van der Waals surface area contributed by atoms with Crippen LogP contribution in [0.25, 0.3) is 0 Å². The number of amides is 1. The van der Waals surface area contributed by atoms with Gasteiger partial charge in [-0.15, -0.1) is 0 Å². The number of carbonyl (C=O) groups excluding carboxylic acids is 1. The van der Waals surface area contributed by atoms with Gasteiger partial charge in [0.1, 0.15) is 0 Å². The molecular formula is C11H21N2O. The van der Waals surface area contributed by atoms with E-state index in [1.807, 2.05) is 13.3 Å². The maximum atomic E-state index is 10.4. The molecule has 1 aliphatic heterocycles. The molecule has 1 radical (unpaired) electrons. The third kappa shape index (κ3) is 4.09. The van der Waals surface area contributed by atoms with Crippen molar-refractivity contribution in [3.05, 3.63) is 0 Å². The lowest BCUT2D eigenvalue weighted by atomic mass is 10.1. The van der Waals surface area contributed by atoms with E-state index in [1.54, 1.807) is 4.90 Å². The standard InChI is InChI=1S/C11H21N2O/c1-2-12(11-14)9-6-10-13-7-4-3-5-8-13/h2-10H2,1H3. The molecule has 0 aliphatic carbocycles. The molecule has 1 aliphatic rings. The fourth-order valence-electron chi connectivity index (χ4n) is 1.94. The highest BCUT2D eigenvalue weighted by Crippen LogP contribution is 2.08. The third-order valence-corrected chi connectivity index (χ3v) is 2.86. The van der Waals surface area contributed by atoms with Crippen LogP contribution in [-0.2, 0) is 4.79 Å². The van der Waals surface area contributed by atoms with Crippen molar-refractivity contribution in [1.82, 2.24) is 9.80 Å². The molecule has 14 heavy (non-hydrogen) atoms.